The van der Waals surface area contributed by atoms with Crippen molar-refractivity contribution in [2.45, 2.75) is 0 Å². The van der Waals surface area contributed by atoms with E-state index >= 15 is 0 Å². The Morgan fingerprint density at radius 2 is 0.683 bits per heavy atom. The van der Waals surface area contributed by atoms with Crippen LogP contribution in [0.25, 0.3) is 121 Å². The fourth-order valence-corrected chi connectivity index (χ4v) is 10.2. The number of rotatable bonds is 5. The molecule has 0 aliphatic rings. The smallest absolute Gasteiger partial charge is 0.0495 e. The highest BCUT2D eigenvalue weighted by molar-refractivity contribution is 6.25. The Kier molecular flexibility index (Phi) is 7.70. The second kappa shape index (κ2) is 13.4. The van der Waals surface area contributed by atoms with E-state index in [1.807, 2.05) is 0 Å². The minimum atomic E-state index is 1.20. The van der Waals surface area contributed by atoms with Gasteiger partial charge < -0.3 is 9.13 Å². The largest absolute Gasteiger partial charge is 0.344 e. The van der Waals surface area contributed by atoms with E-state index in [9.17, 15) is 0 Å². The molecular weight excluding hydrogens is 725 g/mol. The average molecular weight is 765 g/mol. The van der Waals surface area contributed by atoms with Crippen LogP contribution < -0.4 is 0 Å². The standard InChI is InChI=1S/C58H40N2/c1-59-52-29-11-9-21-47(52)57-43(27-15-31-54(57)59)41-23-13-25-45-49(41)36-50-42(44-28-16-32-55-58(44)48-22-10-12-30-53(48)60(55)2)24-14-26-46(50)56(45)51-35-39(37-17-5-3-6-18-37)33-34-40(51)38-19-7-4-8-20-38/h3-36H,1-2H3. The molecule has 0 radical (unpaired) electrons. The highest BCUT2D eigenvalue weighted by Gasteiger charge is 2.22. The van der Waals surface area contributed by atoms with Crippen LogP contribution in [0.4, 0.5) is 0 Å². The van der Waals surface area contributed by atoms with Crippen molar-refractivity contribution in [3.05, 3.63) is 206 Å². The molecule has 10 aromatic carbocycles. The van der Waals surface area contributed by atoms with Crippen LogP contribution >= 0.6 is 0 Å². The molecule has 0 fully saturated rings. The Morgan fingerprint density at radius 3 is 1.23 bits per heavy atom. The molecule has 0 N–H and O–H groups in total. The Labute approximate surface area is 348 Å². The maximum Gasteiger partial charge on any atom is 0.0495 e. The van der Waals surface area contributed by atoms with Crippen molar-refractivity contribution in [2.75, 3.05) is 0 Å². The lowest BCUT2D eigenvalue weighted by Crippen LogP contribution is -1.94. The third-order valence-electron chi connectivity index (χ3n) is 13.0. The molecule has 12 aromatic rings. The minimum Gasteiger partial charge on any atom is -0.344 e. The molecule has 282 valence electrons. The summed E-state index contributed by atoms with van der Waals surface area (Å²) in [5.74, 6) is 0. The molecular formula is C58H40N2. The summed E-state index contributed by atoms with van der Waals surface area (Å²) in [5.41, 5.74) is 17.2. The number of aromatic nitrogens is 2. The first-order valence-electron chi connectivity index (χ1n) is 20.8. The average Bonchev–Trinajstić information content (AvgIpc) is 3.78. The monoisotopic (exact) mass is 764 g/mol. The summed E-state index contributed by atoms with van der Waals surface area (Å²) in [6.07, 6.45) is 0. The van der Waals surface area contributed by atoms with Crippen molar-refractivity contribution in [1.82, 2.24) is 9.13 Å². The molecule has 2 nitrogen and oxygen atoms in total. The number of fused-ring (bicyclic) bond motifs is 8. The molecule has 12 rings (SSSR count). The molecule has 0 saturated heterocycles. The quantitative estimate of drug-likeness (QED) is 0.155. The number of para-hydroxylation sites is 2. The van der Waals surface area contributed by atoms with Gasteiger partial charge in [0, 0.05) is 57.7 Å². The van der Waals surface area contributed by atoms with E-state index in [4.69, 9.17) is 0 Å². The molecule has 0 aliphatic carbocycles. The van der Waals surface area contributed by atoms with E-state index in [0.29, 0.717) is 0 Å². The van der Waals surface area contributed by atoms with Gasteiger partial charge in [-0.05, 0) is 114 Å². The van der Waals surface area contributed by atoms with Gasteiger partial charge >= 0.3 is 0 Å². The van der Waals surface area contributed by atoms with Crippen molar-refractivity contribution in [3.8, 4) is 55.6 Å². The first-order chi connectivity index (χ1) is 29.6. The molecule has 0 atom stereocenters. The van der Waals surface area contributed by atoms with E-state index in [1.54, 1.807) is 0 Å². The van der Waals surface area contributed by atoms with Crippen molar-refractivity contribution < 1.29 is 0 Å². The number of nitrogens with zero attached hydrogens (tertiary/aromatic N) is 2. The van der Waals surface area contributed by atoms with E-state index in [2.05, 4.69) is 229 Å². The van der Waals surface area contributed by atoms with Crippen LogP contribution in [0.2, 0.25) is 0 Å². The third kappa shape index (κ3) is 5.07. The zero-order valence-electron chi connectivity index (χ0n) is 33.5. The second-order valence-corrected chi connectivity index (χ2v) is 16.1. The van der Waals surface area contributed by atoms with Gasteiger partial charge in [0.25, 0.3) is 0 Å². The fraction of sp³-hybridized carbons (Fsp3) is 0.0345. The van der Waals surface area contributed by atoms with E-state index < -0.39 is 0 Å². The topological polar surface area (TPSA) is 9.86 Å². The van der Waals surface area contributed by atoms with Gasteiger partial charge in [-0.15, -0.1) is 0 Å². The van der Waals surface area contributed by atoms with Crippen molar-refractivity contribution in [2.24, 2.45) is 14.1 Å². The summed E-state index contributed by atoms with van der Waals surface area (Å²) >= 11 is 0. The molecule has 0 aliphatic heterocycles. The van der Waals surface area contributed by atoms with E-state index in [1.165, 1.54) is 121 Å². The molecule has 0 saturated carbocycles. The van der Waals surface area contributed by atoms with E-state index in [-0.39, 0.29) is 0 Å². The summed E-state index contributed by atoms with van der Waals surface area (Å²) in [5, 5.41) is 10.1. The highest BCUT2D eigenvalue weighted by atomic mass is 14.9. The van der Waals surface area contributed by atoms with Gasteiger partial charge in [-0.3, -0.25) is 0 Å². The first kappa shape index (κ1) is 34.4. The summed E-state index contributed by atoms with van der Waals surface area (Å²) in [4.78, 5) is 0. The van der Waals surface area contributed by atoms with Crippen LogP contribution in [0, 0.1) is 0 Å². The summed E-state index contributed by atoms with van der Waals surface area (Å²) < 4.78 is 4.68. The Morgan fingerprint density at radius 1 is 0.250 bits per heavy atom. The Hall–Kier alpha value is -7.68. The molecule has 60 heavy (non-hydrogen) atoms. The first-order valence-corrected chi connectivity index (χ1v) is 20.8. The van der Waals surface area contributed by atoms with Crippen LogP contribution in [0.1, 0.15) is 0 Å². The Balaban J connectivity index is 1.26. The summed E-state index contributed by atoms with van der Waals surface area (Å²) in [6.45, 7) is 0. The maximum absolute atomic E-state index is 2.50. The third-order valence-corrected chi connectivity index (χ3v) is 13.0. The van der Waals surface area contributed by atoms with Crippen LogP contribution in [0.15, 0.2) is 206 Å². The van der Waals surface area contributed by atoms with Gasteiger partial charge in [-0.1, -0.05) is 170 Å². The van der Waals surface area contributed by atoms with Crippen LogP contribution in [-0.4, -0.2) is 9.13 Å². The minimum absolute atomic E-state index is 1.20. The fourth-order valence-electron chi connectivity index (χ4n) is 10.2. The predicted octanol–water partition coefficient (Wildman–Crippen LogP) is 15.6. The highest BCUT2D eigenvalue weighted by Crippen LogP contribution is 2.49. The number of hydrogen-bond acceptors (Lipinski definition) is 0. The van der Waals surface area contributed by atoms with Gasteiger partial charge in [0.2, 0.25) is 0 Å². The predicted molar refractivity (Wildman–Crippen MR) is 257 cm³/mol. The molecule has 2 heteroatoms. The zero-order valence-corrected chi connectivity index (χ0v) is 33.5. The van der Waals surface area contributed by atoms with E-state index in [0.717, 1.165) is 0 Å². The van der Waals surface area contributed by atoms with Crippen molar-refractivity contribution >= 4 is 65.2 Å². The number of hydrogen-bond donors (Lipinski definition) is 0. The van der Waals surface area contributed by atoms with Gasteiger partial charge in [0.15, 0.2) is 0 Å². The lowest BCUT2D eigenvalue weighted by molar-refractivity contribution is 1.01. The van der Waals surface area contributed by atoms with Gasteiger partial charge in [-0.25, -0.2) is 0 Å². The number of aryl methyl sites for hydroxylation is 2. The molecule has 0 amide bonds. The van der Waals surface area contributed by atoms with Crippen LogP contribution in [0.3, 0.4) is 0 Å². The lowest BCUT2D eigenvalue weighted by atomic mass is 9.82. The summed E-state index contributed by atoms with van der Waals surface area (Å²) in [7, 11) is 4.38. The maximum atomic E-state index is 2.50. The van der Waals surface area contributed by atoms with Gasteiger partial charge in [0.05, 0.1) is 0 Å². The van der Waals surface area contributed by atoms with Crippen molar-refractivity contribution in [3.63, 3.8) is 0 Å². The van der Waals surface area contributed by atoms with Crippen molar-refractivity contribution in [1.29, 1.82) is 0 Å². The molecule has 2 aromatic heterocycles. The lowest BCUT2D eigenvalue weighted by Gasteiger charge is -2.21. The SMILES string of the molecule is Cn1c2ccccc2c2c(-c3cccc4c(-c5cc(-c6ccccc6)ccc5-c5ccccc5)c5cccc(-c6cccc7c6c6ccccc6n7C)c5cc34)cccc21. The zero-order chi connectivity index (χ0) is 39.9. The summed E-state index contributed by atoms with van der Waals surface area (Å²) in [6, 6.07) is 76.4. The van der Waals surface area contributed by atoms with Gasteiger partial charge in [0.1, 0.15) is 0 Å². The molecule has 0 bridgehead atoms. The molecule has 0 spiro atoms. The van der Waals surface area contributed by atoms with Crippen LogP contribution in [-0.2, 0) is 14.1 Å². The second-order valence-electron chi connectivity index (χ2n) is 16.1. The normalized spacial score (nSPS) is 11.8. The molecule has 0 unspecified atom stereocenters. The Bertz CT molecular complexity index is 3480. The number of benzene rings is 10. The molecule has 2 heterocycles. The van der Waals surface area contributed by atoms with Crippen LogP contribution in [0.5, 0.6) is 0 Å². The van der Waals surface area contributed by atoms with Gasteiger partial charge in [-0.2, -0.15) is 0 Å².